The van der Waals surface area contributed by atoms with E-state index in [4.69, 9.17) is 0 Å². The summed E-state index contributed by atoms with van der Waals surface area (Å²) in [6, 6.07) is 27.7. The monoisotopic (exact) mass is 485 g/mol. The van der Waals surface area contributed by atoms with Gasteiger partial charge in [-0.2, -0.15) is 4.31 Å². The Kier molecular flexibility index (Phi) is 5.36. The van der Waals surface area contributed by atoms with E-state index in [1.165, 1.54) is 22.0 Å². The van der Waals surface area contributed by atoms with Crippen molar-refractivity contribution in [2.24, 2.45) is 13.0 Å². The Morgan fingerprint density at radius 2 is 1.60 bits per heavy atom. The van der Waals surface area contributed by atoms with E-state index in [1.54, 1.807) is 28.6 Å². The van der Waals surface area contributed by atoms with Crippen molar-refractivity contribution in [3.05, 3.63) is 102 Å². The summed E-state index contributed by atoms with van der Waals surface area (Å²) in [5, 5.41) is 1.21. The Bertz CT molecular complexity index is 1470. The standard InChI is InChI=1S/C29H31N3O2S/c1-30-20-23(26-15-9-10-16-27(26)30)17-28-29(31(2)19-22-11-5-3-6-12-22)18-24(29)21-32(28)35(33,34)25-13-7-4-8-14-25/h3-16,20,24,28H,17-19,21H2,1-2H3/t24-,28-,29+/m0/s1. The average Bonchev–Trinajstić information content (AvgIpc) is 3.41. The lowest BCUT2D eigenvalue weighted by atomic mass is 9.96. The predicted octanol–water partition coefficient (Wildman–Crippen LogP) is 4.68. The quantitative estimate of drug-likeness (QED) is 0.382. The number of fused-ring (bicyclic) bond motifs is 2. The van der Waals surface area contributed by atoms with Gasteiger partial charge in [-0.05, 0) is 55.1 Å². The highest BCUT2D eigenvalue weighted by molar-refractivity contribution is 7.89. The molecule has 6 rings (SSSR count). The highest BCUT2D eigenvalue weighted by Crippen LogP contribution is 2.59. The van der Waals surface area contributed by atoms with Crippen molar-refractivity contribution in [2.75, 3.05) is 13.6 Å². The van der Waals surface area contributed by atoms with Gasteiger partial charge in [-0.3, -0.25) is 4.90 Å². The van der Waals surface area contributed by atoms with E-state index in [2.05, 4.69) is 78.3 Å². The highest BCUT2D eigenvalue weighted by Gasteiger charge is 2.69. The van der Waals surface area contributed by atoms with Crippen LogP contribution in [0.1, 0.15) is 17.5 Å². The second-order valence-electron chi connectivity index (χ2n) is 10.1. The van der Waals surface area contributed by atoms with Crippen LogP contribution in [0.15, 0.2) is 96.0 Å². The van der Waals surface area contributed by atoms with Crippen molar-refractivity contribution in [1.82, 2.24) is 13.8 Å². The third kappa shape index (κ3) is 3.63. The number of benzene rings is 3. The predicted molar refractivity (Wildman–Crippen MR) is 139 cm³/mol. The van der Waals surface area contributed by atoms with Crippen molar-refractivity contribution in [3.8, 4) is 0 Å². The average molecular weight is 486 g/mol. The zero-order chi connectivity index (χ0) is 24.2. The minimum Gasteiger partial charge on any atom is -0.350 e. The molecule has 0 amide bonds. The van der Waals surface area contributed by atoms with E-state index in [9.17, 15) is 8.42 Å². The molecule has 4 aromatic rings. The summed E-state index contributed by atoms with van der Waals surface area (Å²) in [4.78, 5) is 2.80. The zero-order valence-electron chi connectivity index (χ0n) is 20.2. The molecule has 3 atom stereocenters. The minimum atomic E-state index is -3.60. The Morgan fingerprint density at radius 3 is 2.34 bits per heavy atom. The fourth-order valence-electron chi connectivity index (χ4n) is 6.36. The molecule has 6 heteroatoms. The number of nitrogens with zero attached hydrogens (tertiary/aromatic N) is 3. The molecule has 0 N–H and O–H groups in total. The lowest BCUT2D eigenvalue weighted by Gasteiger charge is -2.37. The molecule has 3 aromatic carbocycles. The van der Waals surface area contributed by atoms with Crippen molar-refractivity contribution in [1.29, 1.82) is 0 Å². The van der Waals surface area contributed by atoms with Crippen LogP contribution in [0.5, 0.6) is 0 Å². The number of likely N-dealkylation sites (N-methyl/N-ethyl adjacent to an activating group) is 1. The Hall–Kier alpha value is -2.93. The van der Waals surface area contributed by atoms with Gasteiger partial charge in [0.2, 0.25) is 10.0 Å². The second kappa shape index (κ2) is 8.33. The van der Waals surface area contributed by atoms with Gasteiger partial charge in [0.25, 0.3) is 0 Å². The fourth-order valence-corrected chi connectivity index (χ4v) is 8.10. The first kappa shape index (κ1) is 22.5. The van der Waals surface area contributed by atoms with Gasteiger partial charge >= 0.3 is 0 Å². The molecule has 1 saturated heterocycles. The van der Waals surface area contributed by atoms with Crippen LogP contribution in [0, 0.1) is 5.92 Å². The van der Waals surface area contributed by atoms with Crippen LogP contribution in [-0.4, -0.2) is 47.4 Å². The van der Waals surface area contributed by atoms with Gasteiger partial charge in [-0.15, -0.1) is 0 Å². The third-order valence-electron chi connectivity index (χ3n) is 8.16. The van der Waals surface area contributed by atoms with Crippen LogP contribution in [0.2, 0.25) is 0 Å². The summed E-state index contributed by atoms with van der Waals surface area (Å²) in [5.74, 6) is 0.342. The lowest BCUT2D eigenvalue weighted by molar-refractivity contribution is 0.151. The number of para-hydroxylation sites is 1. The lowest BCUT2D eigenvalue weighted by Crippen LogP contribution is -2.51. The molecule has 0 bridgehead atoms. The Balaban J connectivity index is 1.41. The molecule has 0 radical (unpaired) electrons. The van der Waals surface area contributed by atoms with E-state index in [-0.39, 0.29) is 11.6 Å². The van der Waals surface area contributed by atoms with Crippen LogP contribution in [0.3, 0.4) is 0 Å². The molecule has 2 heterocycles. The normalized spacial score (nSPS) is 24.2. The molecule has 180 valence electrons. The van der Waals surface area contributed by atoms with Crippen molar-refractivity contribution >= 4 is 20.9 Å². The molecule has 2 aliphatic rings. The summed E-state index contributed by atoms with van der Waals surface area (Å²) < 4.78 is 31.7. The topological polar surface area (TPSA) is 45.6 Å². The van der Waals surface area contributed by atoms with Gasteiger partial charge in [0.1, 0.15) is 0 Å². The smallest absolute Gasteiger partial charge is 0.243 e. The summed E-state index contributed by atoms with van der Waals surface area (Å²) in [5.41, 5.74) is 3.48. The molecule has 1 aromatic heterocycles. The van der Waals surface area contributed by atoms with Gasteiger partial charge in [-0.1, -0.05) is 66.7 Å². The van der Waals surface area contributed by atoms with E-state index >= 15 is 0 Å². The van der Waals surface area contributed by atoms with E-state index in [0.29, 0.717) is 23.8 Å². The molecular weight excluding hydrogens is 454 g/mol. The number of aryl methyl sites for hydroxylation is 1. The molecule has 1 saturated carbocycles. The van der Waals surface area contributed by atoms with Crippen LogP contribution < -0.4 is 0 Å². The van der Waals surface area contributed by atoms with Gasteiger partial charge < -0.3 is 4.57 Å². The first-order valence-corrected chi connectivity index (χ1v) is 13.7. The van der Waals surface area contributed by atoms with E-state index < -0.39 is 10.0 Å². The molecule has 35 heavy (non-hydrogen) atoms. The molecule has 2 fully saturated rings. The molecule has 1 aliphatic carbocycles. The number of sulfonamides is 1. The minimum absolute atomic E-state index is 0.128. The van der Waals surface area contributed by atoms with Crippen LogP contribution in [-0.2, 0) is 30.0 Å². The first-order chi connectivity index (χ1) is 16.9. The van der Waals surface area contributed by atoms with Crippen LogP contribution >= 0.6 is 0 Å². The van der Waals surface area contributed by atoms with E-state index in [0.717, 1.165) is 13.0 Å². The fraction of sp³-hybridized carbons (Fsp3) is 0.310. The number of hydrogen-bond donors (Lipinski definition) is 0. The number of piperidine rings is 1. The Labute approximate surface area is 207 Å². The molecule has 1 aliphatic heterocycles. The van der Waals surface area contributed by atoms with Crippen molar-refractivity contribution in [3.63, 3.8) is 0 Å². The number of aromatic nitrogens is 1. The maximum Gasteiger partial charge on any atom is 0.243 e. The van der Waals surface area contributed by atoms with Gasteiger partial charge in [0, 0.05) is 48.8 Å². The summed E-state index contributed by atoms with van der Waals surface area (Å²) >= 11 is 0. The summed E-state index contributed by atoms with van der Waals surface area (Å²) in [7, 11) is 0.632. The van der Waals surface area contributed by atoms with Crippen molar-refractivity contribution < 1.29 is 8.42 Å². The first-order valence-electron chi connectivity index (χ1n) is 12.3. The maximum atomic E-state index is 13.9. The SMILES string of the molecule is CN(Cc1ccccc1)[C@]12C[C@H]1CN(S(=O)(=O)c1ccccc1)[C@H]2Cc1cn(C)c2ccccc12. The molecule has 0 unspecified atom stereocenters. The van der Waals surface area contributed by atoms with Gasteiger partial charge in [0.15, 0.2) is 0 Å². The third-order valence-corrected chi connectivity index (χ3v) is 10.0. The van der Waals surface area contributed by atoms with Gasteiger partial charge in [0.05, 0.1) is 4.90 Å². The van der Waals surface area contributed by atoms with Gasteiger partial charge in [-0.25, -0.2) is 8.42 Å². The largest absolute Gasteiger partial charge is 0.350 e. The highest BCUT2D eigenvalue weighted by atomic mass is 32.2. The summed E-state index contributed by atoms with van der Waals surface area (Å²) in [6.45, 7) is 1.38. The number of hydrogen-bond acceptors (Lipinski definition) is 3. The summed E-state index contributed by atoms with van der Waals surface area (Å²) in [6.07, 6.45) is 3.91. The maximum absolute atomic E-state index is 13.9. The molecule has 5 nitrogen and oxygen atoms in total. The van der Waals surface area contributed by atoms with Crippen molar-refractivity contribution in [2.45, 2.75) is 35.9 Å². The van der Waals surface area contributed by atoms with Crippen LogP contribution in [0.25, 0.3) is 10.9 Å². The van der Waals surface area contributed by atoms with E-state index in [1.807, 2.05) is 12.1 Å². The second-order valence-corrected chi connectivity index (χ2v) is 12.0. The number of rotatable bonds is 7. The zero-order valence-corrected chi connectivity index (χ0v) is 21.0. The Morgan fingerprint density at radius 1 is 0.943 bits per heavy atom. The molecule has 0 spiro atoms. The van der Waals surface area contributed by atoms with Crippen LogP contribution in [0.4, 0.5) is 0 Å². The molecular formula is C29H31N3O2S.